The minimum Gasteiger partial charge on any atom is -0.389 e. The zero-order valence-electron chi connectivity index (χ0n) is 11.2. The van der Waals surface area contributed by atoms with Gasteiger partial charge in [-0.25, -0.2) is 0 Å². The van der Waals surface area contributed by atoms with Crippen LogP contribution in [0.25, 0.3) is 0 Å². The number of carbonyl (C=O) groups is 1. The second-order valence-electron chi connectivity index (χ2n) is 5.48. The molecule has 21 heavy (non-hydrogen) atoms. The minimum atomic E-state index is -0.781. The standard InChI is InChI=1S/C14H16Cl2N2O3/c15-9-2-1-8(5-10(9)16)18-4-3-11(14(18)21)17-6-12(19)13(20)7-17/h1-2,5,11-13,19-20H,3-4,6-7H2. The van der Waals surface area contributed by atoms with Crippen molar-refractivity contribution in [2.75, 3.05) is 24.5 Å². The highest BCUT2D eigenvalue weighted by molar-refractivity contribution is 6.42. The Labute approximate surface area is 132 Å². The van der Waals surface area contributed by atoms with Crippen molar-refractivity contribution < 1.29 is 15.0 Å². The molecule has 1 aromatic rings. The summed E-state index contributed by atoms with van der Waals surface area (Å²) in [7, 11) is 0. The molecule has 0 radical (unpaired) electrons. The lowest BCUT2D eigenvalue weighted by Crippen LogP contribution is -2.41. The number of carbonyl (C=O) groups excluding carboxylic acids is 1. The Balaban J connectivity index is 1.76. The number of hydrogen-bond acceptors (Lipinski definition) is 4. The summed E-state index contributed by atoms with van der Waals surface area (Å²) >= 11 is 11.9. The van der Waals surface area contributed by atoms with Gasteiger partial charge in [-0.3, -0.25) is 9.69 Å². The van der Waals surface area contributed by atoms with Crippen LogP contribution in [0.15, 0.2) is 18.2 Å². The maximum Gasteiger partial charge on any atom is 0.244 e. The van der Waals surface area contributed by atoms with E-state index in [0.717, 1.165) is 5.69 Å². The summed E-state index contributed by atoms with van der Waals surface area (Å²) in [4.78, 5) is 16.1. The van der Waals surface area contributed by atoms with E-state index in [0.29, 0.717) is 36.1 Å². The number of nitrogens with zero attached hydrogens (tertiary/aromatic N) is 2. The summed E-state index contributed by atoms with van der Waals surface area (Å²) in [6.07, 6.45) is -0.896. The largest absolute Gasteiger partial charge is 0.389 e. The quantitative estimate of drug-likeness (QED) is 0.853. The number of rotatable bonds is 2. The molecule has 2 aliphatic heterocycles. The van der Waals surface area contributed by atoms with Crippen LogP contribution in [0.2, 0.25) is 10.0 Å². The highest BCUT2D eigenvalue weighted by Gasteiger charge is 2.42. The fraction of sp³-hybridized carbons (Fsp3) is 0.500. The maximum atomic E-state index is 12.5. The maximum absolute atomic E-state index is 12.5. The Morgan fingerprint density at radius 1 is 1.10 bits per heavy atom. The molecule has 2 heterocycles. The lowest BCUT2D eigenvalue weighted by molar-refractivity contribution is -0.121. The Morgan fingerprint density at radius 2 is 1.76 bits per heavy atom. The van der Waals surface area contributed by atoms with Crippen molar-refractivity contribution in [3.05, 3.63) is 28.2 Å². The molecule has 2 fully saturated rings. The number of aliphatic hydroxyl groups excluding tert-OH is 2. The predicted molar refractivity (Wildman–Crippen MR) is 80.8 cm³/mol. The highest BCUT2D eigenvalue weighted by Crippen LogP contribution is 2.31. The van der Waals surface area contributed by atoms with E-state index in [2.05, 4.69) is 0 Å². The monoisotopic (exact) mass is 330 g/mol. The number of aliphatic hydroxyl groups is 2. The van der Waals surface area contributed by atoms with Crippen LogP contribution in [0.3, 0.4) is 0 Å². The first-order chi connectivity index (χ1) is 9.97. The van der Waals surface area contributed by atoms with Gasteiger partial charge >= 0.3 is 0 Å². The first kappa shape index (κ1) is 15.1. The Morgan fingerprint density at radius 3 is 2.38 bits per heavy atom. The number of likely N-dealkylation sites (tertiary alicyclic amines) is 1. The number of amides is 1. The molecular formula is C14H16Cl2N2O3. The molecule has 0 aromatic heterocycles. The fourth-order valence-corrected chi connectivity index (χ4v) is 3.26. The molecule has 1 aromatic carbocycles. The van der Waals surface area contributed by atoms with Crippen molar-refractivity contribution in [3.8, 4) is 0 Å². The van der Waals surface area contributed by atoms with Crippen LogP contribution in [-0.4, -0.2) is 58.9 Å². The first-order valence-corrected chi connectivity index (χ1v) is 7.59. The van der Waals surface area contributed by atoms with Crippen molar-refractivity contribution in [1.82, 2.24) is 4.90 Å². The smallest absolute Gasteiger partial charge is 0.244 e. The first-order valence-electron chi connectivity index (χ1n) is 6.84. The highest BCUT2D eigenvalue weighted by atomic mass is 35.5. The van der Waals surface area contributed by atoms with Gasteiger partial charge in [-0.1, -0.05) is 23.2 Å². The van der Waals surface area contributed by atoms with E-state index < -0.39 is 12.2 Å². The molecule has 0 spiro atoms. The molecule has 0 aliphatic carbocycles. The number of anilines is 1. The average Bonchev–Trinajstić information content (AvgIpc) is 2.97. The van der Waals surface area contributed by atoms with Gasteiger partial charge in [0.05, 0.1) is 28.3 Å². The summed E-state index contributed by atoms with van der Waals surface area (Å²) in [5.41, 5.74) is 0.720. The van der Waals surface area contributed by atoms with E-state index >= 15 is 0 Å². The fourth-order valence-electron chi connectivity index (χ4n) is 2.97. The van der Waals surface area contributed by atoms with E-state index in [4.69, 9.17) is 23.2 Å². The molecule has 2 N–H and O–H groups in total. The van der Waals surface area contributed by atoms with Crippen LogP contribution in [0.4, 0.5) is 5.69 Å². The molecule has 1 amide bonds. The molecule has 7 heteroatoms. The van der Waals surface area contributed by atoms with Crippen molar-refractivity contribution in [2.24, 2.45) is 0 Å². The van der Waals surface area contributed by atoms with Gasteiger partial charge in [0.25, 0.3) is 0 Å². The molecule has 5 nitrogen and oxygen atoms in total. The molecule has 3 unspecified atom stereocenters. The third kappa shape index (κ3) is 2.76. The van der Waals surface area contributed by atoms with Gasteiger partial charge in [0.2, 0.25) is 5.91 Å². The third-order valence-electron chi connectivity index (χ3n) is 4.12. The molecule has 3 atom stereocenters. The second kappa shape index (κ2) is 5.74. The predicted octanol–water partition coefficient (Wildman–Crippen LogP) is 1.14. The van der Waals surface area contributed by atoms with E-state index in [1.54, 1.807) is 23.1 Å². The summed E-state index contributed by atoms with van der Waals surface area (Å²) in [5.74, 6) is -0.0327. The normalized spacial score (nSPS) is 30.4. The van der Waals surface area contributed by atoms with Crippen molar-refractivity contribution >= 4 is 34.8 Å². The summed E-state index contributed by atoms with van der Waals surface area (Å²) < 4.78 is 0. The summed E-state index contributed by atoms with van der Waals surface area (Å²) in [6, 6.07) is 4.81. The molecule has 0 saturated carbocycles. The Kier molecular flexibility index (Phi) is 4.12. The number of β-amino-alcohol motifs (C(OH)–C–C–N with tert-alkyl or cyclic N) is 2. The molecule has 114 valence electrons. The van der Waals surface area contributed by atoms with Crippen molar-refractivity contribution in [1.29, 1.82) is 0 Å². The van der Waals surface area contributed by atoms with Gasteiger partial charge in [0.1, 0.15) is 0 Å². The van der Waals surface area contributed by atoms with Crippen molar-refractivity contribution in [3.63, 3.8) is 0 Å². The lowest BCUT2D eigenvalue weighted by Gasteiger charge is -2.23. The lowest BCUT2D eigenvalue weighted by atomic mass is 10.2. The van der Waals surface area contributed by atoms with Crippen molar-refractivity contribution in [2.45, 2.75) is 24.7 Å². The van der Waals surface area contributed by atoms with Crippen LogP contribution in [0.1, 0.15) is 6.42 Å². The van der Waals surface area contributed by atoms with E-state index in [1.807, 2.05) is 4.90 Å². The molecular weight excluding hydrogens is 315 g/mol. The van der Waals surface area contributed by atoms with Crippen LogP contribution >= 0.6 is 23.2 Å². The molecule has 3 rings (SSSR count). The van der Waals surface area contributed by atoms with Crippen LogP contribution in [0, 0.1) is 0 Å². The molecule has 0 bridgehead atoms. The van der Waals surface area contributed by atoms with Gasteiger partial charge in [0, 0.05) is 25.3 Å². The number of halogens is 2. The molecule has 2 saturated heterocycles. The number of benzene rings is 1. The number of hydrogen-bond donors (Lipinski definition) is 2. The van der Waals surface area contributed by atoms with Crippen LogP contribution in [0.5, 0.6) is 0 Å². The Bertz CT molecular complexity index is 559. The van der Waals surface area contributed by atoms with Gasteiger partial charge in [-0.05, 0) is 24.6 Å². The zero-order valence-corrected chi connectivity index (χ0v) is 12.8. The topological polar surface area (TPSA) is 64.0 Å². The Hall–Kier alpha value is -0.850. The van der Waals surface area contributed by atoms with E-state index in [1.165, 1.54) is 0 Å². The zero-order chi connectivity index (χ0) is 15.1. The van der Waals surface area contributed by atoms with E-state index in [-0.39, 0.29) is 11.9 Å². The van der Waals surface area contributed by atoms with Crippen LogP contribution in [-0.2, 0) is 4.79 Å². The summed E-state index contributed by atoms with van der Waals surface area (Å²) in [6.45, 7) is 1.24. The second-order valence-corrected chi connectivity index (χ2v) is 6.30. The van der Waals surface area contributed by atoms with Gasteiger partial charge in [-0.15, -0.1) is 0 Å². The van der Waals surface area contributed by atoms with Gasteiger partial charge < -0.3 is 15.1 Å². The van der Waals surface area contributed by atoms with E-state index in [9.17, 15) is 15.0 Å². The van der Waals surface area contributed by atoms with Gasteiger partial charge in [0.15, 0.2) is 0 Å². The summed E-state index contributed by atoms with van der Waals surface area (Å²) in [5, 5.41) is 20.1. The third-order valence-corrected chi connectivity index (χ3v) is 4.86. The molecule has 2 aliphatic rings. The average molecular weight is 331 g/mol. The SMILES string of the molecule is O=C1C(N2CC(O)C(O)C2)CCN1c1ccc(Cl)c(Cl)c1. The van der Waals surface area contributed by atoms with Gasteiger partial charge in [-0.2, -0.15) is 0 Å². The minimum absolute atomic E-state index is 0.0327. The van der Waals surface area contributed by atoms with Crippen LogP contribution < -0.4 is 4.90 Å².